The third kappa shape index (κ3) is 9.60. The van der Waals surface area contributed by atoms with Crippen molar-refractivity contribution in [2.24, 2.45) is 0 Å². The number of ether oxygens (including phenoxy) is 2. The summed E-state index contributed by atoms with van der Waals surface area (Å²) in [7, 11) is 0. The van der Waals surface area contributed by atoms with Gasteiger partial charge in [-0.05, 0) is 47.2 Å². The zero-order valence-electron chi connectivity index (χ0n) is 20.1. The maximum absolute atomic E-state index is 11.8. The van der Waals surface area contributed by atoms with Crippen LogP contribution in [0.15, 0.2) is 48.5 Å². The van der Waals surface area contributed by atoms with Gasteiger partial charge in [-0.1, -0.05) is 52.0 Å². The second kappa shape index (κ2) is 14.3. The predicted octanol–water partition coefficient (Wildman–Crippen LogP) is 4.95. The van der Waals surface area contributed by atoms with Crippen molar-refractivity contribution < 1.29 is 58.3 Å². The van der Waals surface area contributed by atoms with Gasteiger partial charge in [-0.15, -0.1) is 0 Å². The molecule has 0 amide bonds. The van der Waals surface area contributed by atoms with Crippen molar-refractivity contribution in [3.05, 3.63) is 70.8 Å². The van der Waals surface area contributed by atoms with Gasteiger partial charge >= 0.3 is 24.2 Å². The Morgan fingerprint density at radius 2 is 0.889 bits per heavy atom. The highest BCUT2D eigenvalue weighted by Crippen LogP contribution is 2.16. The van der Waals surface area contributed by atoms with Crippen molar-refractivity contribution in [2.75, 3.05) is 13.2 Å². The van der Waals surface area contributed by atoms with E-state index in [-0.39, 0.29) is 11.1 Å². The zero-order chi connectivity index (χ0) is 26.5. The fraction of sp³-hybridized carbons (Fsp3) is 0.333. The monoisotopic (exact) mass is 506 g/mol. The quantitative estimate of drug-likeness (QED) is 0.176. The molecule has 12 nitrogen and oxygen atoms in total. The van der Waals surface area contributed by atoms with Crippen LogP contribution in [0.4, 0.5) is 9.59 Å². The minimum Gasteiger partial charge on any atom is -0.429 e. The summed E-state index contributed by atoms with van der Waals surface area (Å²) in [6.07, 6.45) is -2.74. The molecule has 0 aliphatic rings. The normalized spacial score (nSPS) is 10.5. The van der Waals surface area contributed by atoms with Gasteiger partial charge < -0.3 is 9.47 Å². The van der Waals surface area contributed by atoms with Gasteiger partial charge in [0.2, 0.25) is 0 Å². The third-order valence-electron chi connectivity index (χ3n) is 4.57. The molecular formula is C24H26O12. The Morgan fingerprint density at radius 1 is 0.556 bits per heavy atom. The fourth-order valence-electron chi connectivity index (χ4n) is 2.55. The van der Waals surface area contributed by atoms with Gasteiger partial charge in [-0.3, -0.25) is 9.78 Å². The van der Waals surface area contributed by atoms with E-state index in [2.05, 4.69) is 39.1 Å². The summed E-state index contributed by atoms with van der Waals surface area (Å²) in [5.41, 5.74) is 2.41. The molecular weight excluding hydrogens is 480 g/mol. The van der Waals surface area contributed by atoms with Gasteiger partial charge in [0.05, 0.1) is 21.2 Å². The number of benzene rings is 2. The minimum absolute atomic E-state index is 0.181. The average Bonchev–Trinajstić information content (AvgIpc) is 2.86. The van der Waals surface area contributed by atoms with Crippen molar-refractivity contribution in [3.8, 4) is 0 Å². The Kier molecular flexibility index (Phi) is 11.1. The molecule has 0 aliphatic heterocycles. The van der Waals surface area contributed by atoms with E-state index in [0.29, 0.717) is 11.8 Å². The Morgan fingerprint density at radius 3 is 1.19 bits per heavy atom. The van der Waals surface area contributed by atoms with E-state index in [9.17, 15) is 19.2 Å². The van der Waals surface area contributed by atoms with E-state index >= 15 is 0 Å². The lowest BCUT2D eigenvalue weighted by Crippen LogP contribution is -2.17. The second-order valence-electron chi connectivity index (χ2n) is 7.79. The first-order valence-electron chi connectivity index (χ1n) is 10.8. The Labute approximate surface area is 206 Å². The highest BCUT2D eigenvalue weighted by molar-refractivity contribution is 5.89. The van der Waals surface area contributed by atoms with Crippen LogP contribution in [0.5, 0.6) is 0 Å². The van der Waals surface area contributed by atoms with E-state index < -0.39 is 37.5 Å². The summed E-state index contributed by atoms with van der Waals surface area (Å²) in [6, 6.07) is 13.1. The molecule has 0 atom stereocenters. The van der Waals surface area contributed by atoms with Crippen LogP contribution in [-0.2, 0) is 39.1 Å². The maximum Gasteiger partial charge on any atom is 0.543 e. The van der Waals surface area contributed by atoms with Crippen LogP contribution in [0.2, 0.25) is 0 Å². The van der Waals surface area contributed by atoms with Gasteiger partial charge in [0, 0.05) is 0 Å². The molecule has 0 aliphatic carbocycles. The first kappa shape index (κ1) is 28.1. The van der Waals surface area contributed by atoms with Crippen LogP contribution in [0.25, 0.3) is 0 Å². The largest absolute Gasteiger partial charge is 0.543 e. The van der Waals surface area contributed by atoms with Crippen LogP contribution < -0.4 is 0 Å². The van der Waals surface area contributed by atoms with E-state index in [4.69, 9.17) is 0 Å². The van der Waals surface area contributed by atoms with Crippen LogP contribution in [0, 0.1) is 0 Å². The molecule has 0 fully saturated rings. The van der Waals surface area contributed by atoms with Gasteiger partial charge in [0.1, 0.15) is 13.2 Å². The summed E-state index contributed by atoms with van der Waals surface area (Å²) >= 11 is 0. The second-order valence-corrected chi connectivity index (χ2v) is 7.79. The SMILES string of the molecule is CC(C)c1ccc(C(=O)OOOC(=O)OCCOC(=O)OOOC(=O)c2ccc(C(C)C)cc2)cc1. The predicted molar refractivity (Wildman–Crippen MR) is 119 cm³/mol. The molecule has 0 heterocycles. The lowest BCUT2D eigenvalue weighted by atomic mass is 10.0. The Bertz CT molecular complexity index is 929. The topological polar surface area (TPSA) is 142 Å². The highest BCUT2D eigenvalue weighted by atomic mass is 17.5. The number of carbonyl (C=O) groups is 4. The third-order valence-corrected chi connectivity index (χ3v) is 4.57. The van der Waals surface area contributed by atoms with E-state index in [1.807, 2.05) is 27.7 Å². The molecule has 2 aromatic rings. The number of hydrogen-bond donors (Lipinski definition) is 0. The van der Waals surface area contributed by atoms with Crippen molar-refractivity contribution in [3.63, 3.8) is 0 Å². The maximum atomic E-state index is 11.8. The molecule has 0 N–H and O–H groups in total. The molecule has 36 heavy (non-hydrogen) atoms. The molecule has 0 saturated carbocycles. The van der Waals surface area contributed by atoms with Gasteiger partial charge in [-0.2, -0.15) is 0 Å². The van der Waals surface area contributed by atoms with Crippen molar-refractivity contribution in [1.82, 2.24) is 0 Å². The van der Waals surface area contributed by atoms with Gasteiger partial charge in [0.15, 0.2) is 0 Å². The van der Waals surface area contributed by atoms with Crippen molar-refractivity contribution >= 4 is 24.2 Å². The Hall–Kier alpha value is -4.16. The summed E-state index contributed by atoms with van der Waals surface area (Å²) in [4.78, 5) is 63.1. The molecule has 0 aromatic heterocycles. The first-order chi connectivity index (χ1) is 17.2. The summed E-state index contributed by atoms with van der Waals surface area (Å²) < 4.78 is 9.03. The highest BCUT2D eigenvalue weighted by Gasteiger charge is 2.15. The molecule has 2 rings (SSSR count). The minimum atomic E-state index is -1.37. The van der Waals surface area contributed by atoms with Crippen molar-refractivity contribution in [2.45, 2.75) is 39.5 Å². The molecule has 0 radical (unpaired) electrons. The molecule has 12 heteroatoms. The van der Waals surface area contributed by atoms with E-state index in [1.165, 1.54) is 24.3 Å². The molecule has 0 spiro atoms. The number of rotatable bonds is 11. The van der Waals surface area contributed by atoms with E-state index in [1.54, 1.807) is 24.3 Å². The number of carbonyl (C=O) groups excluding carboxylic acids is 4. The molecule has 0 saturated heterocycles. The molecule has 0 bridgehead atoms. The zero-order valence-corrected chi connectivity index (χ0v) is 20.1. The molecule has 2 aromatic carbocycles. The molecule has 0 unspecified atom stereocenters. The van der Waals surface area contributed by atoms with Crippen LogP contribution in [0.1, 0.15) is 71.4 Å². The van der Waals surface area contributed by atoms with Crippen molar-refractivity contribution in [1.29, 1.82) is 0 Å². The molecule has 194 valence electrons. The van der Waals surface area contributed by atoms with Crippen LogP contribution in [0.3, 0.4) is 0 Å². The smallest absolute Gasteiger partial charge is 0.429 e. The average molecular weight is 506 g/mol. The fourth-order valence-corrected chi connectivity index (χ4v) is 2.55. The number of hydrogen-bond acceptors (Lipinski definition) is 12. The summed E-state index contributed by atoms with van der Waals surface area (Å²) in [5.74, 6) is -1.20. The standard InChI is InChI=1S/C24H26O12/c1-15(2)17-5-9-19(10-6-17)21(25)31-35-33-23(27)29-13-14-30-24(28)34-36-32-22(26)20-11-7-18(8-12-20)16(3)4/h5-12,15-16H,13-14H2,1-4H3. The Balaban J connectivity index is 1.54. The summed E-state index contributed by atoms with van der Waals surface area (Å²) in [5, 5.41) is 8.15. The van der Waals surface area contributed by atoms with E-state index in [0.717, 1.165) is 11.1 Å². The van der Waals surface area contributed by atoms with Crippen LogP contribution in [-0.4, -0.2) is 37.5 Å². The lowest BCUT2D eigenvalue weighted by molar-refractivity contribution is -0.453. The van der Waals surface area contributed by atoms with Crippen LogP contribution >= 0.6 is 0 Å². The van der Waals surface area contributed by atoms with Gasteiger partial charge in [0.25, 0.3) is 0 Å². The summed E-state index contributed by atoms with van der Waals surface area (Å²) in [6.45, 7) is 7.08. The lowest BCUT2D eigenvalue weighted by Gasteiger charge is -2.07. The van der Waals surface area contributed by atoms with Gasteiger partial charge in [-0.25, -0.2) is 29.0 Å². The first-order valence-corrected chi connectivity index (χ1v) is 10.8.